The summed E-state index contributed by atoms with van der Waals surface area (Å²) in [6.07, 6.45) is 5.19. The third kappa shape index (κ3) is 3.19. The second-order valence-corrected chi connectivity index (χ2v) is 5.56. The maximum Gasteiger partial charge on any atom is 0.319 e. The van der Waals surface area contributed by atoms with Gasteiger partial charge in [-0.05, 0) is 31.5 Å². The summed E-state index contributed by atoms with van der Waals surface area (Å²) >= 11 is 0. The number of amides is 2. The summed E-state index contributed by atoms with van der Waals surface area (Å²) in [5, 5.41) is 5.33. The second-order valence-electron chi connectivity index (χ2n) is 5.56. The van der Waals surface area contributed by atoms with Gasteiger partial charge in [0, 0.05) is 30.2 Å². The highest BCUT2D eigenvalue weighted by Gasteiger charge is 2.14. The molecule has 0 aliphatic carbocycles. The number of carbonyl (C=O) groups is 1. The van der Waals surface area contributed by atoms with Crippen LogP contribution in [-0.4, -0.2) is 15.4 Å². The number of nitrogens with zero attached hydrogens (tertiary/aromatic N) is 2. The SMILES string of the molecule is Cc1cc(NC(=O)N[C@H](C)c2ccc(F)cc2F)cn2ccnc12. The molecular weight excluding hydrogens is 314 g/mol. The predicted molar refractivity (Wildman–Crippen MR) is 86.9 cm³/mol. The summed E-state index contributed by atoms with van der Waals surface area (Å²) in [5.41, 5.74) is 2.52. The molecule has 0 spiro atoms. The average molecular weight is 330 g/mol. The molecule has 0 saturated heterocycles. The predicted octanol–water partition coefficient (Wildman–Crippen LogP) is 3.80. The van der Waals surface area contributed by atoms with Crippen LogP contribution in [0.3, 0.4) is 0 Å². The van der Waals surface area contributed by atoms with Gasteiger partial charge in [-0.2, -0.15) is 0 Å². The minimum Gasteiger partial charge on any atom is -0.331 e. The lowest BCUT2D eigenvalue weighted by Crippen LogP contribution is -2.31. The third-order valence-corrected chi connectivity index (χ3v) is 3.71. The molecule has 0 bridgehead atoms. The molecule has 2 heterocycles. The average Bonchev–Trinajstić information content (AvgIpc) is 2.95. The summed E-state index contributed by atoms with van der Waals surface area (Å²) in [6.45, 7) is 3.52. The first-order valence-electron chi connectivity index (χ1n) is 7.40. The van der Waals surface area contributed by atoms with E-state index in [1.807, 2.05) is 6.92 Å². The van der Waals surface area contributed by atoms with Crippen molar-refractivity contribution >= 4 is 17.4 Å². The molecular formula is C17H16F2N4O. The fourth-order valence-corrected chi connectivity index (χ4v) is 2.57. The molecule has 7 heteroatoms. The number of nitrogens with one attached hydrogen (secondary N) is 2. The van der Waals surface area contributed by atoms with E-state index in [1.54, 1.807) is 36.0 Å². The minimum absolute atomic E-state index is 0.216. The number of halogens is 2. The summed E-state index contributed by atoms with van der Waals surface area (Å²) < 4.78 is 28.5. The molecule has 0 unspecified atom stereocenters. The van der Waals surface area contributed by atoms with E-state index in [0.29, 0.717) is 5.69 Å². The highest BCUT2D eigenvalue weighted by atomic mass is 19.1. The Labute approximate surface area is 137 Å². The number of fused-ring (bicyclic) bond motifs is 1. The van der Waals surface area contributed by atoms with Crippen LogP contribution in [0.5, 0.6) is 0 Å². The van der Waals surface area contributed by atoms with Gasteiger partial charge in [0.1, 0.15) is 17.3 Å². The highest BCUT2D eigenvalue weighted by molar-refractivity contribution is 5.89. The Morgan fingerprint density at radius 1 is 1.29 bits per heavy atom. The lowest BCUT2D eigenvalue weighted by atomic mass is 10.1. The fourth-order valence-electron chi connectivity index (χ4n) is 2.57. The zero-order valence-corrected chi connectivity index (χ0v) is 13.2. The molecule has 2 aromatic heterocycles. The quantitative estimate of drug-likeness (QED) is 0.767. The molecule has 24 heavy (non-hydrogen) atoms. The van der Waals surface area contributed by atoms with E-state index in [4.69, 9.17) is 0 Å². The van der Waals surface area contributed by atoms with Crippen molar-refractivity contribution in [2.75, 3.05) is 5.32 Å². The Kier molecular flexibility index (Phi) is 4.16. The van der Waals surface area contributed by atoms with Crippen molar-refractivity contribution in [2.45, 2.75) is 19.9 Å². The van der Waals surface area contributed by atoms with Gasteiger partial charge in [-0.25, -0.2) is 18.6 Å². The molecule has 124 valence electrons. The third-order valence-electron chi connectivity index (χ3n) is 3.71. The zero-order valence-electron chi connectivity index (χ0n) is 13.2. The number of hydrogen-bond donors (Lipinski definition) is 2. The van der Waals surface area contributed by atoms with Gasteiger partial charge in [0.15, 0.2) is 0 Å². The van der Waals surface area contributed by atoms with Crippen molar-refractivity contribution < 1.29 is 13.6 Å². The largest absolute Gasteiger partial charge is 0.331 e. The molecule has 0 aliphatic rings. The smallest absolute Gasteiger partial charge is 0.319 e. The summed E-state index contributed by atoms with van der Waals surface area (Å²) in [5.74, 6) is -1.35. The maximum absolute atomic E-state index is 13.7. The topological polar surface area (TPSA) is 58.4 Å². The van der Waals surface area contributed by atoms with Crippen molar-refractivity contribution in [3.05, 3.63) is 65.6 Å². The molecule has 5 nitrogen and oxygen atoms in total. The Bertz CT molecular complexity index is 907. The number of rotatable bonds is 3. The van der Waals surface area contributed by atoms with Crippen LogP contribution >= 0.6 is 0 Å². The number of urea groups is 1. The van der Waals surface area contributed by atoms with Gasteiger partial charge in [-0.15, -0.1) is 0 Å². The Morgan fingerprint density at radius 2 is 2.08 bits per heavy atom. The number of aromatic nitrogens is 2. The van der Waals surface area contributed by atoms with Crippen LogP contribution in [0.15, 0.2) is 42.9 Å². The number of benzene rings is 1. The molecule has 2 amide bonds. The van der Waals surface area contributed by atoms with E-state index >= 15 is 0 Å². The van der Waals surface area contributed by atoms with Gasteiger partial charge in [0.2, 0.25) is 0 Å². The minimum atomic E-state index is -0.696. The van der Waals surface area contributed by atoms with Gasteiger partial charge in [0.05, 0.1) is 11.7 Å². The van der Waals surface area contributed by atoms with Crippen molar-refractivity contribution in [1.29, 1.82) is 0 Å². The maximum atomic E-state index is 13.7. The van der Waals surface area contributed by atoms with Crippen LogP contribution in [0, 0.1) is 18.6 Å². The first-order valence-corrected chi connectivity index (χ1v) is 7.40. The monoisotopic (exact) mass is 330 g/mol. The van der Waals surface area contributed by atoms with Gasteiger partial charge in [-0.1, -0.05) is 6.07 Å². The summed E-state index contributed by atoms with van der Waals surface area (Å²) in [6, 6.07) is 3.98. The number of carbonyl (C=O) groups excluding carboxylic acids is 1. The van der Waals surface area contributed by atoms with Gasteiger partial charge in [-0.3, -0.25) is 0 Å². The molecule has 0 fully saturated rings. The van der Waals surface area contributed by atoms with Crippen molar-refractivity contribution in [3.63, 3.8) is 0 Å². The highest BCUT2D eigenvalue weighted by Crippen LogP contribution is 2.19. The number of pyridine rings is 1. The van der Waals surface area contributed by atoms with Gasteiger partial charge in [0.25, 0.3) is 0 Å². The molecule has 0 aliphatic heterocycles. The first-order chi connectivity index (χ1) is 11.4. The Morgan fingerprint density at radius 3 is 2.83 bits per heavy atom. The van der Waals surface area contributed by atoms with E-state index in [1.165, 1.54) is 6.07 Å². The van der Waals surface area contributed by atoms with E-state index < -0.39 is 23.7 Å². The first kappa shape index (κ1) is 15.9. The van der Waals surface area contributed by atoms with Crippen molar-refractivity contribution in [3.8, 4) is 0 Å². The molecule has 0 saturated carbocycles. The number of hydrogen-bond acceptors (Lipinski definition) is 2. The Hall–Kier alpha value is -2.96. The van der Waals surface area contributed by atoms with Crippen LogP contribution in [0.1, 0.15) is 24.1 Å². The van der Waals surface area contributed by atoms with Crippen LogP contribution in [0.25, 0.3) is 5.65 Å². The van der Waals surface area contributed by atoms with Crippen LogP contribution in [-0.2, 0) is 0 Å². The lowest BCUT2D eigenvalue weighted by Gasteiger charge is -2.16. The van der Waals surface area contributed by atoms with Crippen LogP contribution in [0.2, 0.25) is 0 Å². The standard InChI is InChI=1S/C17H16F2N4O/c1-10-7-13(9-23-6-5-20-16(10)23)22-17(24)21-11(2)14-4-3-12(18)8-15(14)19/h3-9,11H,1-2H3,(H2,21,22,24)/t11-/m1/s1. The number of aryl methyl sites for hydroxylation is 1. The summed E-state index contributed by atoms with van der Waals surface area (Å²) in [7, 11) is 0. The number of anilines is 1. The molecule has 1 aromatic carbocycles. The zero-order chi connectivity index (χ0) is 17.3. The van der Waals surface area contributed by atoms with Gasteiger partial charge < -0.3 is 15.0 Å². The molecule has 0 radical (unpaired) electrons. The molecule has 1 atom stereocenters. The van der Waals surface area contributed by atoms with Crippen LogP contribution < -0.4 is 10.6 Å². The fraction of sp³-hybridized carbons (Fsp3) is 0.176. The normalized spacial score (nSPS) is 12.2. The molecule has 2 N–H and O–H groups in total. The van der Waals surface area contributed by atoms with E-state index in [2.05, 4.69) is 15.6 Å². The van der Waals surface area contributed by atoms with Gasteiger partial charge >= 0.3 is 6.03 Å². The lowest BCUT2D eigenvalue weighted by molar-refractivity contribution is 0.249. The summed E-state index contributed by atoms with van der Waals surface area (Å²) in [4.78, 5) is 16.3. The molecule has 3 aromatic rings. The number of imidazole rings is 1. The second kappa shape index (κ2) is 6.27. The van der Waals surface area contributed by atoms with Crippen LogP contribution in [0.4, 0.5) is 19.3 Å². The van der Waals surface area contributed by atoms with Crippen molar-refractivity contribution in [1.82, 2.24) is 14.7 Å². The van der Waals surface area contributed by atoms with E-state index in [-0.39, 0.29) is 5.56 Å². The van der Waals surface area contributed by atoms with E-state index in [9.17, 15) is 13.6 Å². The molecule has 3 rings (SSSR count). The van der Waals surface area contributed by atoms with E-state index in [0.717, 1.165) is 23.3 Å². The van der Waals surface area contributed by atoms with Crippen molar-refractivity contribution in [2.24, 2.45) is 0 Å². The Balaban J connectivity index is 1.72.